The van der Waals surface area contributed by atoms with Crippen molar-refractivity contribution < 1.29 is 27.5 Å². The van der Waals surface area contributed by atoms with Crippen molar-refractivity contribution in [3.05, 3.63) is 29.8 Å². The standard InChI is InChI=1S/C28H40N6O6S/c1-16-11-24(26(36)33(16)17(2)18-7-9-21(10-8-18)41(30,38)39)32(6)15-22(31-27(37)40-28(3,4)5)25(35)34-20(14-29)12-19-13-23(19)34/h7-10,16-17,19-20,22-24H,11-13,15H2,1-6H3,(H,31,37)(H2,30,38,39)/t16-,17?,19-,20?,22?,23+,24?/m1/s1. The van der Waals surface area contributed by atoms with Crippen LogP contribution in [0.4, 0.5) is 4.79 Å². The molecule has 2 heterocycles. The Balaban J connectivity index is 1.50. The second-order valence-corrected chi connectivity index (χ2v) is 14.0. The van der Waals surface area contributed by atoms with E-state index in [9.17, 15) is 28.1 Å². The van der Waals surface area contributed by atoms with Crippen molar-refractivity contribution in [3.63, 3.8) is 0 Å². The van der Waals surface area contributed by atoms with Crippen LogP contribution in [0.5, 0.6) is 0 Å². The van der Waals surface area contributed by atoms with Gasteiger partial charge in [-0.1, -0.05) is 12.1 Å². The highest BCUT2D eigenvalue weighted by Gasteiger charge is 2.55. The SMILES string of the molecule is CC(c1ccc(S(N)(=O)=O)cc1)N1C(=O)C(N(C)CC(NC(=O)OC(C)(C)C)C(=O)N2C(C#N)C[C@@H]3C[C@@H]32)C[C@H]1C. The molecule has 4 unspecified atom stereocenters. The lowest BCUT2D eigenvalue weighted by atomic mass is 10.1. The number of hydrogen-bond donors (Lipinski definition) is 2. The van der Waals surface area contributed by atoms with E-state index in [2.05, 4.69) is 11.4 Å². The number of carbonyl (C=O) groups excluding carboxylic acids is 3. The highest BCUT2D eigenvalue weighted by molar-refractivity contribution is 7.89. The van der Waals surface area contributed by atoms with E-state index in [0.717, 1.165) is 12.0 Å². The summed E-state index contributed by atoms with van der Waals surface area (Å²) in [6, 6.07) is 5.79. The zero-order valence-electron chi connectivity index (χ0n) is 24.4. The molecule has 4 rings (SSSR count). The van der Waals surface area contributed by atoms with E-state index in [1.54, 1.807) is 54.7 Å². The van der Waals surface area contributed by atoms with Crippen molar-refractivity contribution in [3.8, 4) is 6.07 Å². The number of alkyl carbamates (subject to hydrolysis) is 1. The van der Waals surface area contributed by atoms with Gasteiger partial charge in [-0.15, -0.1) is 0 Å². The first kappa shape index (κ1) is 30.7. The van der Waals surface area contributed by atoms with Crippen LogP contribution in [0.2, 0.25) is 0 Å². The zero-order valence-corrected chi connectivity index (χ0v) is 25.2. The molecule has 3 amide bonds. The molecular weight excluding hydrogens is 548 g/mol. The maximum Gasteiger partial charge on any atom is 0.408 e. The lowest BCUT2D eigenvalue weighted by Crippen LogP contribution is -2.57. The van der Waals surface area contributed by atoms with Crippen molar-refractivity contribution in [2.45, 2.75) is 101 Å². The first-order valence-electron chi connectivity index (χ1n) is 13.9. The van der Waals surface area contributed by atoms with Crippen molar-refractivity contribution in [2.75, 3.05) is 13.6 Å². The number of likely N-dealkylation sites (N-methyl/N-ethyl adjacent to an activating group) is 1. The Morgan fingerprint density at radius 3 is 2.41 bits per heavy atom. The van der Waals surface area contributed by atoms with E-state index >= 15 is 0 Å². The van der Waals surface area contributed by atoms with Gasteiger partial charge in [0.05, 0.1) is 23.0 Å². The van der Waals surface area contributed by atoms with Gasteiger partial charge in [-0.05, 0) is 84.5 Å². The quantitative estimate of drug-likeness (QED) is 0.463. The molecule has 224 valence electrons. The Morgan fingerprint density at radius 2 is 1.85 bits per heavy atom. The maximum atomic E-state index is 13.7. The summed E-state index contributed by atoms with van der Waals surface area (Å²) in [5.74, 6) is -0.169. The minimum atomic E-state index is -3.83. The lowest BCUT2D eigenvalue weighted by molar-refractivity contribution is -0.138. The number of primary sulfonamides is 1. The van der Waals surface area contributed by atoms with Gasteiger partial charge in [-0.25, -0.2) is 18.4 Å². The number of rotatable bonds is 8. The van der Waals surface area contributed by atoms with Gasteiger partial charge in [0.15, 0.2) is 0 Å². The van der Waals surface area contributed by atoms with Crippen LogP contribution in [0, 0.1) is 17.2 Å². The first-order chi connectivity index (χ1) is 19.0. The van der Waals surface area contributed by atoms with Gasteiger partial charge in [0.2, 0.25) is 21.8 Å². The Morgan fingerprint density at radius 1 is 1.22 bits per heavy atom. The van der Waals surface area contributed by atoms with Crippen LogP contribution in [0.3, 0.4) is 0 Å². The number of carbonyl (C=O) groups is 3. The number of hydrogen-bond acceptors (Lipinski definition) is 8. The van der Waals surface area contributed by atoms with Crippen molar-refractivity contribution in [1.82, 2.24) is 20.0 Å². The Labute approximate surface area is 241 Å². The number of piperidine rings is 1. The Bertz CT molecular complexity index is 1340. The van der Waals surface area contributed by atoms with Crippen LogP contribution >= 0.6 is 0 Å². The van der Waals surface area contributed by atoms with Crippen LogP contribution in [0.15, 0.2) is 29.2 Å². The van der Waals surface area contributed by atoms with E-state index in [0.29, 0.717) is 18.8 Å². The average Bonchev–Trinajstić information content (AvgIpc) is 3.43. The van der Waals surface area contributed by atoms with Gasteiger partial charge in [-0.2, -0.15) is 5.26 Å². The molecule has 0 bridgehead atoms. The van der Waals surface area contributed by atoms with E-state index < -0.39 is 39.8 Å². The largest absolute Gasteiger partial charge is 0.444 e. The van der Waals surface area contributed by atoms with E-state index in [1.807, 2.05) is 13.8 Å². The number of sulfonamides is 1. The third kappa shape index (κ3) is 6.66. The second-order valence-electron chi connectivity index (χ2n) is 12.5. The van der Waals surface area contributed by atoms with Crippen LogP contribution in [0.25, 0.3) is 0 Å². The predicted molar refractivity (Wildman–Crippen MR) is 149 cm³/mol. The molecular formula is C28H40N6O6S. The summed E-state index contributed by atoms with van der Waals surface area (Å²) in [6.07, 6.45) is 1.24. The normalized spacial score (nSPS) is 27.3. The smallest absolute Gasteiger partial charge is 0.408 e. The summed E-state index contributed by atoms with van der Waals surface area (Å²) >= 11 is 0. The van der Waals surface area contributed by atoms with Crippen molar-refractivity contribution in [1.29, 1.82) is 5.26 Å². The molecule has 3 aliphatic rings. The minimum Gasteiger partial charge on any atom is -0.444 e. The van der Waals surface area contributed by atoms with Crippen LogP contribution < -0.4 is 10.5 Å². The molecule has 12 nitrogen and oxygen atoms in total. The molecule has 0 spiro atoms. The molecule has 2 aliphatic heterocycles. The molecule has 0 radical (unpaired) electrons. The third-order valence-electron chi connectivity index (χ3n) is 8.19. The lowest BCUT2D eigenvalue weighted by Gasteiger charge is -2.33. The summed E-state index contributed by atoms with van der Waals surface area (Å²) in [5, 5.41) is 17.6. The number of fused-ring (bicyclic) bond motifs is 1. The highest BCUT2D eigenvalue weighted by Crippen LogP contribution is 2.48. The summed E-state index contributed by atoms with van der Waals surface area (Å²) in [4.78, 5) is 45.3. The zero-order chi connectivity index (χ0) is 30.4. The molecule has 1 saturated carbocycles. The maximum absolute atomic E-state index is 13.7. The number of benzene rings is 1. The second kappa shape index (κ2) is 11.2. The van der Waals surface area contributed by atoms with Gasteiger partial charge in [0.1, 0.15) is 17.7 Å². The fourth-order valence-corrected chi connectivity index (χ4v) is 6.60. The summed E-state index contributed by atoms with van der Waals surface area (Å²) < 4.78 is 28.7. The van der Waals surface area contributed by atoms with E-state index in [4.69, 9.17) is 9.88 Å². The summed E-state index contributed by atoms with van der Waals surface area (Å²) in [7, 11) is -2.09. The molecule has 41 heavy (non-hydrogen) atoms. The highest BCUT2D eigenvalue weighted by atomic mass is 32.2. The number of nitrogens with two attached hydrogens (primary N) is 1. The predicted octanol–water partition coefficient (Wildman–Crippen LogP) is 1.72. The van der Waals surface area contributed by atoms with Crippen molar-refractivity contribution >= 4 is 27.9 Å². The molecule has 7 atom stereocenters. The number of ether oxygens (including phenoxy) is 1. The fourth-order valence-electron chi connectivity index (χ4n) is 6.08. The molecule has 1 aliphatic carbocycles. The number of amides is 3. The molecule has 1 aromatic carbocycles. The molecule has 13 heteroatoms. The Hall–Kier alpha value is -3.21. The third-order valence-corrected chi connectivity index (χ3v) is 9.12. The van der Waals surface area contributed by atoms with Gasteiger partial charge in [0, 0.05) is 18.6 Å². The average molecular weight is 589 g/mol. The molecule has 1 aromatic rings. The van der Waals surface area contributed by atoms with Gasteiger partial charge in [-0.3, -0.25) is 14.5 Å². The first-order valence-corrected chi connectivity index (χ1v) is 15.4. The van der Waals surface area contributed by atoms with Crippen LogP contribution in [0.1, 0.15) is 65.5 Å². The monoisotopic (exact) mass is 588 g/mol. The van der Waals surface area contributed by atoms with E-state index in [1.165, 1.54) is 12.1 Å². The Kier molecular flexibility index (Phi) is 8.42. The molecule has 3 N–H and O–H groups in total. The fraction of sp³-hybridized carbons (Fsp3) is 0.643. The van der Waals surface area contributed by atoms with Crippen molar-refractivity contribution in [2.24, 2.45) is 11.1 Å². The molecule has 2 saturated heterocycles. The van der Waals surface area contributed by atoms with Crippen LogP contribution in [-0.2, 0) is 24.3 Å². The van der Waals surface area contributed by atoms with Gasteiger partial charge >= 0.3 is 6.09 Å². The number of nitrogens with one attached hydrogen (secondary N) is 1. The topological polar surface area (TPSA) is 166 Å². The van der Waals surface area contributed by atoms with Gasteiger partial charge in [0.25, 0.3) is 0 Å². The molecule has 3 fully saturated rings. The number of nitriles is 1. The minimum absolute atomic E-state index is 0.00511. The molecule has 0 aromatic heterocycles. The summed E-state index contributed by atoms with van der Waals surface area (Å²) in [5.41, 5.74) is -0.00951. The van der Waals surface area contributed by atoms with Crippen LogP contribution in [-0.4, -0.2) is 90.4 Å². The number of likely N-dealkylation sites (tertiary alicyclic amines) is 2. The van der Waals surface area contributed by atoms with Gasteiger partial charge < -0.3 is 19.9 Å². The number of nitrogens with zero attached hydrogens (tertiary/aromatic N) is 4. The van der Waals surface area contributed by atoms with E-state index in [-0.39, 0.29) is 41.4 Å². The summed E-state index contributed by atoms with van der Waals surface area (Å²) in [6.45, 7) is 9.06.